The molecule has 19 heavy (non-hydrogen) atoms. The highest BCUT2D eigenvalue weighted by Crippen LogP contribution is 2.02. The van der Waals surface area contributed by atoms with Crippen molar-refractivity contribution in [2.24, 2.45) is 0 Å². The van der Waals surface area contributed by atoms with Crippen molar-refractivity contribution in [3.63, 3.8) is 0 Å². The topological polar surface area (TPSA) is 53.0 Å². The van der Waals surface area contributed by atoms with Crippen molar-refractivity contribution in [2.45, 2.75) is 13.8 Å². The molecule has 0 fully saturated rings. The predicted molar refractivity (Wildman–Crippen MR) is 78.4 cm³/mol. The summed E-state index contributed by atoms with van der Waals surface area (Å²) in [6.45, 7) is 4.03. The molecule has 0 saturated heterocycles. The largest absolute Gasteiger partial charge is 0.313 e. The Bertz CT molecular complexity index is 535. The molecule has 0 spiro atoms. The number of amidine groups is 1. The summed E-state index contributed by atoms with van der Waals surface area (Å²) in [5.74, 6) is 0.133. The number of carbonyl (C=O) groups excluding carboxylic acids is 1. The lowest BCUT2D eigenvalue weighted by atomic mass is 10.1. The van der Waals surface area contributed by atoms with E-state index in [4.69, 9.17) is 5.41 Å². The van der Waals surface area contributed by atoms with Gasteiger partial charge in [0.1, 0.15) is 5.84 Å². The smallest absolute Gasteiger partial charge is 0.212 e. The van der Waals surface area contributed by atoms with Crippen LogP contribution in [0.1, 0.15) is 16.7 Å². The zero-order chi connectivity index (χ0) is 14.1. The van der Waals surface area contributed by atoms with Crippen LogP contribution in [-0.4, -0.2) is 12.2 Å². The van der Waals surface area contributed by atoms with E-state index in [2.05, 4.69) is 24.4 Å². The van der Waals surface area contributed by atoms with E-state index >= 15 is 0 Å². The average Bonchev–Trinajstić information content (AvgIpc) is 2.40. The normalized spacial score (nSPS) is 8.95. The molecule has 1 amide bonds. The number of benzene rings is 2. The molecule has 0 radical (unpaired) electrons. The van der Waals surface area contributed by atoms with Crippen molar-refractivity contribution in [1.82, 2.24) is 5.32 Å². The second kappa shape index (κ2) is 7.82. The molecule has 2 rings (SSSR count). The Labute approximate surface area is 113 Å². The third-order valence-electron chi connectivity index (χ3n) is 2.45. The second-order valence-corrected chi connectivity index (χ2v) is 4.16. The van der Waals surface area contributed by atoms with E-state index in [1.165, 1.54) is 5.56 Å². The third-order valence-corrected chi connectivity index (χ3v) is 2.45. The summed E-state index contributed by atoms with van der Waals surface area (Å²) in [6, 6.07) is 17.7. The minimum Gasteiger partial charge on any atom is -0.313 e. The lowest BCUT2D eigenvalue weighted by molar-refractivity contribution is -0.108. The average molecular weight is 254 g/mol. The number of hydrogen-bond acceptors (Lipinski definition) is 2. The fourth-order valence-corrected chi connectivity index (χ4v) is 1.48. The molecule has 0 bridgehead atoms. The molecule has 0 aliphatic rings. The van der Waals surface area contributed by atoms with E-state index in [-0.39, 0.29) is 5.84 Å². The van der Waals surface area contributed by atoms with E-state index < -0.39 is 0 Å². The fourth-order valence-electron chi connectivity index (χ4n) is 1.48. The van der Waals surface area contributed by atoms with Crippen molar-refractivity contribution < 1.29 is 4.79 Å². The van der Waals surface area contributed by atoms with Gasteiger partial charge >= 0.3 is 0 Å². The molecule has 2 aromatic carbocycles. The molecule has 3 heteroatoms. The van der Waals surface area contributed by atoms with Crippen LogP contribution in [0.5, 0.6) is 0 Å². The van der Waals surface area contributed by atoms with Gasteiger partial charge in [0.15, 0.2) is 0 Å². The number of rotatable bonds is 2. The van der Waals surface area contributed by atoms with Crippen LogP contribution in [0, 0.1) is 19.3 Å². The number of hydrogen-bond donors (Lipinski definition) is 2. The lowest BCUT2D eigenvalue weighted by Crippen LogP contribution is -2.21. The van der Waals surface area contributed by atoms with Crippen LogP contribution < -0.4 is 5.32 Å². The monoisotopic (exact) mass is 254 g/mol. The molecule has 3 nitrogen and oxygen atoms in total. The van der Waals surface area contributed by atoms with Gasteiger partial charge in [-0.15, -0.1) is 0 Å². The zero-order valence-corrected chi connectivity index (χ0v) is 11.2. The number of carbonyl (C=O) groups is 1. The van der Waals surface area contributed by atoms with Crippen LogP contribution in [0.25, 0.3) is 0 Å². The fraction of sp³-hybridized carbons (Fsp3) is 0.125. The van der Waals surface area contributed by atoms with Crippen LogP contribution in [0.2, 0.25) is 0 Å². The van der Waals surface area contributed by atoms with E-state index in [0.29, 0.717) is 6.41 Å². The molecular formula is C16H18N2O. The Kier molecular flexibility index (Phi) is 6.03. The SMILES string of the molecule is Cc1cccc(C(=N)NC=O)c1.Cc1ccccc1. The first-order chi connectivity index (χ1) is 9.13. The van der Waals surface area contributed by atoms with Gasteiger partial charge in [-0.2, -0.15) is 0 Å². The highest BCUT2D eigenvalue weighted by atomic mass is 16.1. The van der Waals surface area contributed by atoms with Crippen LogP contribution in [0.4, 0.5) is 0 Å². The van der Waals surface area contributed by atoms with Gasteiger partial charge in [-0.05, 0) is 19.9 Å². The molecule has 0 aliphatic heterocycles. The first-order valence-corrected chi connectivity index (χ1v) is 6.01. The Hall–Kier alpha value is -2.42. The second-order valence-electron chi connectivity index (χ2n) is 4.16. The molecular weight excluding hydrogens is 236 g/mol. The maximum atomic E-state index is 10.0. The van der Waals surface area contributed by atoms with E-state index in [9.17, 15) is 4.79 Å². The minimum absolute atomic E-state index is 0.133. The van der Waals surface area contributed by atoms with Crippen molar-refractivity contribution in [1.29, 1.82) is 5.41 Å². The molecule has 0 aromatic heterocycles. The summed E-state index contributed by atoms with van der Waals surface area (Å²) < 4.78 is 0. The van der Waals surface area contributed by atoms with Gasteiger partial charge in [-0.1, -0.05) is 59.7 Å². The first kappa shape index (κ1) is 14.6. The molecule has 98 valence electrons. The Morgan fingerprint density at radius 1 is 1.00 bits per heavy atom. The maximum absolute atomic E-state index is 10.0. The van der Waals surface area contributed by atoms with Gasteiger partial charge in [0.05, 0.1) is 0 Å². The summed E-state index contributed by atoms with van der Waals surface area (Å²) in [6.07, 6.45) is 0.505. The highest BCUT2D eigenvalue weighted by molar-refractivity contribution is 6.01. The van der Waals surface area contributed by atoms with Gasteiger partial charge in [0.2, 0.25) is 6.41 Å². The zero-order valence-electron chi connectivity index (χ0n) is 11.2. The summed E-state index contributed by atoms with van der Waals surface area (Å²) in [5, 5.41) is 9.68. The van der Waals surface area contributed by atoms with Crippen LogP contribution in [0.3, 0.4) is 0 Å². The highest BCUT2D eigenvalue weighted by Gasteiger charge is 1.98. The van der Waals surface area contributed by atoms with Crippen molar-refractivity contribution in [3.05, 3.63) is 71.3 Å². The molecule has 0 atom stereocenters. The van der Waals surface area contributed by atoms with Gasteiger partial charge in [0, 0.05) is 5.56 Å². The van der Waals surface area contributed by atoms with Crippen molar-refractivity contribution in [3.8, 4) is 0 Å². The van der Waals surface area contributed by atoms with E-state index in [0.717, 1.165) is 11.1 Å². The molecule has 0 saturated carbocycles. The summed E-state index contributed by atoms with van der Waals surface area (Å²) >= 11 is 0. The third kappa shape index (κ3) is 5.64. The Morgan fingerprint density at radius 2 is 1.63 bits per heavy atom. The van der Waals surface area contributed by atoms with Gasteiger partial charge in [0.25, 0.3) is 0 Å². The van der Waals surface area contributed by atoms with E-state index in [1.807, 2.05) is 43.3 Å². The van der Waals surface area contributed by atoms with Gasteiger partial charge in [-0.25, -0.2) is 0 Å². The first-order valence-electron chi connectivity index (χ1n) is 6.01. The number of nitrogens with one attached hydrogen (secondary N) is 2. The summed E-state index contributed by atoms with van der Waals surface area (Å²) in [5.41, 5.74) is 3.12. The molecule has 0 heterocycles. The lowest BCUT2D eigenvalue weighted by Gasteiger charge is -2.01. The van der Waals surface area contributed by atoms with Gasteiger partial charge < -0.3 is 5.32 Å². The van der Waals surface area contributed by atoms with Crippen molar-refractivity contribution >= 4 is 12.2 Å². The van der Waals surface area contributed by atoms with Crippen LogP contribution in [-0.2, 0) is 4.79 Å². The molecule has 2 aromatic rings. The quantitative estimate of drug-likeness (QED) is 0.483. The number of amides is 1. The predicted octanol–water partition coefficient (Wildman–Crippen LogP) is 3.06. The van der Waals surface area contributed by atoms with E-state index in [1.54, 1.807) is 6.07 Å². The minimum atomic E-state index is 0.133. The standard InChI is InChI=1S/C9H10N2O.C7H8/c1-7-3-2-4-8(5-7)9(10)11-6-12;1-7-5-3-2-4-6-7/h2-6H,1H3,(H2,10,11,12);2-6H,1H3. The maximum Gasteiger partial charge on any atom is 0.212 e. The van der Waals surface area contributed by atoms with Crippen LogP contribution in [0.15, 0.2) is 54.6 Å². The van der Waals surface area contributed by atoms with Crippen LogP contribution >= 0.6 is 0 Å². The number of aryl methyl sites for hydroxylation is 2. The molecule has 2 N–H and O–H groups in total. The molecule has 0 aliphatic carbocycles. The summed E-state index contributed by atoms with van der Waals surface area (Å²) in [7, 11) is 0. The summed E-state index contributed by atoms with van der Waals surface area (Å²) in [4.78, 5) is 10.0. The Balaban J connectivity index is 0.000000218. The van der Waals surface area contributed by atoms with Crippen molar-refractivity contribution in [2.75, 3.05) is 0 Å². The Morgan fingerprint density at radius 3 is 2.11 bits per heavy atom. The molecule has 0 unspecified atom stereocenters. The van der Waals surface area contributed by atoms with Gasteiger partial charge in [-0.3, -0.25) is 10.2 Å².